The summed E-state index contributed by atoms with van der Waals surface area (Å²) < 4.78 is 21.0. The molecular formula is C36H31N3O6. The summed E-state index contributed by atoms with van der Waals surface area (Å²) in [6.45, 7) is 0.591. The van der Waals surface area contributed by atoms with E-state index in [0.717, 1.165) is 22.3 Å². The average Bonchev–Trinajstić information content (AvgIpc) is 3.31. The molecular weight excluding hydrogens is 570 g/mol. The molecule has 0 aliphatic heterocycles. The number of nitrogens with zero attached hydrogens (tertiary/aromatic N) is 3. The van der Waals surface area contributed by atoms with Crippen molar-refractivity contribution < 1.29 is 24.1 Å². The Morgan fingerprint density at radius 3 is 2.13 bits per heavy atom. The predicted molar refractivity (Wildman–Crippen MR) is 171 cm³/mol. The lowest BCUT2D eigenvalue weighted by atomic mass is 10.0. The Morgan fingerprint density at radius 2 is 1.47 bits per heavy atom. The lowest BCUT2D eigenvalue weighted by Crippen LogP contribution is -2.21. The minimum absolute atomic E-state index is 0.105. The third kappa shape index (κ3) is 6.28. The maximum absolute atomic E-state index is 13.8. The zero-order chi connectivity index (χ0) is 31.3. The molecule has 6 aromatic rings. The summed E-state index contributed by atoms with van der Waals surface area (Å²) in [5.41, 5.74) is 5.76. The van der Waals surface area contributed by atoms with Gasteiger partial charge in [-0.25, -0.2) is 4.79 Å². The maximum atomic E-state index is 13.8. The molecule has 6 rings (SSSR count). The maximum Gasteiger partial charge on any atom is 0.333 e. The molecule has 9 nitrogen and oxygen atoms in total. The molecule has 45 heavy (non-hydrogen) atoms. The fraction of sp³-hybridized carbons (Fsp3) is 0.139. The number of carboxylic acids is 1. The Hall–Kier alpha value is -5.83. The lowest BCUT2D eigenvalue weighted by molar-refractivity contribution is -0.136. The van der Waals surface area contributed by atoms with Crippen molar-refractivity contribution in [1.29, 1.82) is 0 Å². The Morgan fingerprint density at radius 1 is 0.778 bits per heavy atom. The topological polar surface area (TPSA) is 105 Å². The van der Waals surface area contributed by atoms with Gasteiger partial charge in [-0.3, -0.25) is 13.9 Å². The number of aromatic nitrogens is 3. The summed E-state index contributed by atoms with van der Waals surface area (Å²) in [7, 11) is 3.26. The molecule has 0 saturated carbocycles. The van der Waals surface area contributed by atoms with Gasteiger partial charge >= 0.3 is 11.7 Å². The van der Waals surface area contributed by atoms with Crippen molar-refractivity contribution in [3.8, 4) is 34.3 Å². The molecule has 0 amide bonds. The van der Waals surface area contributed by atoms with Gasteiger partial charge in [-0.1, -0.05) is 78.9 Å². The Bertz CT molecular complexity index is 2030. The molecule has 0 fully saturated rings. The first-order chi connectivity index (χ1) is 21.9. The van der Waals surface area contributed by atoms with Gasteiger partial charge in [0.2, 0.25) is 11.8 Å². The molecule has 0 unspecified atom stereocenters. The number of pyridine rings is 1. The minimum Gasteiger partial charge on any atom is -0.496 e. The summed E-state index contributed by atoms with van der Waals surface area (Å²) in [5, 5.41) is 9.19. The number of rotatable bonds is 11. The van der Waals surface area contributed by atoms with Gasteiger partial charge in [0.25, 0.3) is 0 Å². The molecule has 0 atom stereocenters. The molecule has 0 aliphatic rings. The molecule has 0 spiro atoms. The molecule has 0 bridgehead atoms. The average molecular weight is 602 g/mol. The fourth-order valence-corrected chi connectivity index (χ4v) is 5.23. The SMILES string of the molecule is COc1cc(CC(=O)O)ccc1-c1ccc2c(c1)n(C)c(=O)n2-c1ccc(OCc2ccccc2)nc1OCc1ccccc1. The van der Waals surface area contributed by atoms with Crippen LogP contribution >= 0.6 is 0 Å². The molecule has 0 aliphatic carbocycles. The summed E-state index contributed by atoms with van der Waals surface area (Å²) in [5.74, 6) is 0.267. The minimum atomic E-state index is -0.917. The van der Waals surface area contributed by atoms with E-state index in [9.17, 15) is 14.7 Å². The highest BCUT2D eigenvalue weighted by molar-refractivity contribution is 5.86. The third-order valence-corrected chi connectivity index (χ3v) is 7.49. The fourth-order valence-electron chi connectivity index (χ4n) is 5.23. The van der Waals surface area contributed by atoms with E-state index in [-0.39, 0.29) is 24.6 Å². The van der Waals surface area contributed by atoms with Gasteiger partial charge in [0.1, 0.15) is 24.7 Å². The lowest BCUT2D eigenvalue weighted by Gasteiger charge is -2.14. The zero-order valence-electron chi connectivity index (χ0n) is 24.8. The van der Waals surface area contributed by atoms with Crippen LogP contribution in [-0.4, -0.2) is 32.3 Å². The van der Waals surface area contributed by atoms with Gasteiger partial charge in [0.15, 0.2) is 0 Å². The van der Waals surface area contributed by atoms with Gasteiger partial charge in [0.05, 0.1) is 24.6 Å². The number of benzene rings is 4. The summed E-state index contributed by atoms with van der Waals surface area (Å²) >= 11 is 0. The van der Waals surface area contributed by atoms with Crippen LogP contribution in [0.3, 0.4) is 0 Å². The number of hydrogen-bond acceptors (Lipinski definition) is 6. The first kappa shape index (κ1) is 29.3. The van der Waals surface area contributed by atoms with Crippen LogP contribution in [0.4, 0.5) is 0 Å². The summed E-state index contributed by atoms with van der Waals surface area (Å²) in [6, 6.07) is 34.1. The van der Waals surface area contributed by atoms with Crippen LogP contribution in [0.15, 0.2) is 114 Å². The van der Waals surface area contributed by atoms with Crippen molar-refractivity contribution in [3.05, 3.63) is 136 Å². The van der Waals surface area contributed by atoms with Gasteiger partial charge in [-0.15, -0.1) is 0 Å². The third-order valence-electron chi connectivity index (χ3n) is 7.49. The van der Waals surface area contributed by atoms with Crippen molar-refractivity contribution in [2.45, 2.75) is 19.6 Å². The predicted octanol–water partition coefficient (Wildman–Crippen LogP) is 6.18. The van der Waals surface area contributed by atoms with Gasteiger partial charge in [-0.05, 0) is 46.5 Å². The molecule has 226 valence electrons. The van der Waals surface area contributed by atoms with Crippen molar-refractivity contribution in [1.82, 2.24) is 14.1 Å². The first-order valence-electron chi connectivity index (χ1n) is 14.4. The number of ether oxygens (including phenoxy) is 3. The van der Waals surface area contributed by atoms with Gasteiger partial charge < -0.3 is 19.3 Å². The van der Waals surface area contributed by atoms with E-state index in [1.165, 1.54) is 0 Å². The number of aliphatic carboxylic acids is 1. The second-order valence-electron chi connectivity index (χ2n) is 10.5. The number of carboxylic acid groups (broad SMARTS) is 1. The van der Waals surface area contributed by atoms with Crippen LogP contribution in [0.25, 0.3) is 27.8 Å². The number of imidazole rings is 1. The second kappa shape index (κ2) is 12.8. The van der Waals surface area contributed by atoms with Crippen molar-refractivity contribution in [2.24, 2.45) is 7.05 Å². The van der Waals surface area contributed by atoms with E-state index >= 15 is 0 Å². The first-order valence-corrected chi connectivity index (χ1v) is 14.4. The van der Waals surface area contributed by atoms with Crippen LogP contribution in [0, 0.1) is 0 Å². The van der Waals surface area contributed by atoms with E-state index < -0.39 is 5.97 Å². The van der Waals surface area contributed by atoms with Crippen LogP contribution in [0.2, 0.25) is 0 Å². The van der Waals surface area contributed by atoms with E-state index in [2.05, 4.69) is 4.98 Å². The highest BCUT2D eigenvalue weighted by atomic mass is 16.5. The summed E-state index contributed by atoms with van der Waals surface area (Å²) in [6.07, 6.45) is -0.105. The largest absolute Gasteiger partial charge is 0.496 e. The molecule has 2 aromatic heterocycles. The summed E-state index contributed by atoms with van der Waals surface area (Å²) in [4.78, 5) is 29.7. The smallest absolute Gasteiger partial charge is 0.333 e. The van der Waals surface area contributed by atoms with Crippen LogP contribution in [0.5, 0.6) is 17.5 Å². The van der Waals surface area contributed by atoms with Gasteiger partial charge in [-0.2, -0.15) is 4.98 Å². The quantitative estimate of drug-likeness (QED) is 0.189. The van der Waals surface area contributed by atoms with Crippen LogP contribution < -0.4 is 19.9 Å². The molecule has 0 radical (unpaired) electrons. The standard InChI is InChI=1S/C36H31N3O6/c1-38-31-21-27(28-15-13-26(20-34(40)41)19-32(28)43-2)14-16-29(31)39(36(38)42)30-17-18-33(44-22-24-9-5-3-6-10-24)37-35(30)45-23-25-11-7-4-8-12-25/h3-19,21H,20,22-23H2,1-2H3,(H,40,41). The van der Waals surface area contributed by atoms with Gasteiger partial charge in [0, 0.05) is 18.7 Å². The normalized spacial score (nSPS) is 11.0. The van der Waals surface area contributed by atoms with E-state index in [1.54, 1.807) is 47.6 Å². The van der Waals surface area contributed by atoms with E-state index in [4.69, 9.17) is 14.2 Å². The number of fused-ring (bicyclic) bond motifs is 1. The number of carbonyl (C=O) groups is 1. The number of methoxy groups -OCH3 is 1. The Labute approximate surface area is 259 Å². The molecule has 4 aromatic carbocycles. The highest BCUT2D eigenvalue weighted by Crippen LogP contribution is 2.34. The molecule has 0 saturated heterocycles. The highest BCUT2D eigenvalue weighted by Gasteiger charge is 2.20. The monoisotopic (exact) mass is 601 g/mol. The Kier molecular flexibility index (Phi) is 8.32. The molecule has 2 heterocycles. The van der Waals surface area contributed by atoms with E-state index in [1.807, 2.05) is 84.9 Å². The van der Waals surface area contributed by atoms with Crippen LogP contribution in [-0.2, 0) is 31.5 Å². The van der Waals surface area contributed by atoms with E-state index in [0.29, 0.717) is 40.5 Å². The van der Waals surface area contributed by atoms with Crippen LogP contribution in [0.1, 0.15) is 16.7 Å². The number of aryl methyl sites for hydroxylation is 1. The Balaban J connectivity index is 1.40. The zero-order valence-corrected chi connectivity index (χ0v) is 24.8. The molecule has 9 heteroatoms. The van der Waals surface area contributed by atoms with Crippen molar-refractivity contribution in [3.63, 3.8) is 0 Å². The van der Waals surface area contributed by atoms with Crippen molar-refractivity contribution in [2.75, 3.05) is 7.11 Å². The molecule has 1 N–H and O–H groups in total. The van der Waals surface area contributed by atoms with Crippen molar-refractivity contribution >= 4 is 17.0 Å². The second-order valence-corrected chi connectivity index (χ2v) is 10.5. The number of hydrogen-bond donors (Lipinski definition) is 1.